The van der Waals surface area contributed by atoms with E-state index < -0.39 is 0 Å². The second-order valence-electron chi connectivity index (χ2n) is 2.03. The Morgan fingerprint density at radius 3 is 3.00 bits per heavy atom. The van der Waals surface area contributed by atoms with E-state index in [0.29, 0.717) is 5.88 Å². The van der Waals surface area contributed by atoms with Gasteiger partial charge in [0.15, 0.2) is 0 Å². The Morgan fingerprint density at radius 2 is 2.55 bits per heavy atom. The molecule has 3 nitrogen and oxygen atoms in total. The number of hydrogen-bond acceptors (Lipinski definition) is 4. The second kappa shape index (κ2) is 4.31. The molecule has 0 aliphatic carbocycles. The van der Waals surface area contributed by atoms with E-state index >= 15 is 0 Å². The standard InChI is InChI=1S/C7H11NO2S/c1-3-7(9-2)10-6-4-5-11-8-6/h4-5,7H,3H2,1-2H3/t7-/m0/s1. The molecule has 0 aliphatic heterocycles. The summed E-state index contributed by atoms with van der Waals surface area (Å²) in [6, 6.07) is 1.83. The maximum Gasteiger partial charge on any atom is 0.227 e. The van der Waals surface area contributed by atoms with Gasteiger partial charge in [-0.25, -0.2) is 0 Å². The van der Waals surface area contributed by atoms with Crippen molar-refractivity contribution < 1.29 is 9.47 Å². The van der Waals surface area contributed by atoms with E-state index in [4.69, 9.17) is 9.47 Å². The van der Waals surface area contributed by atoms with Crippen LogP contribution in [-0.2, 0) is 4.74 Å². The first-order valence-corrected chi connectivity index (χ1v) is 4.30. The lowest BCUT2D eigenvalue weighted by Gasteiger charge is -2.12. The quantitative estimate of drug-likeness (QED) is 0.652. The minimum absolute atomic E-state index is 0.169. The average Bonchev–Trinajstić information content (AvgIpc) is 2.52. The van der Waals surface area contributed by atoms with Crippen LogP contribution >= 0.6 is 11.5 Å². The zero-order valence-electron chi connectivity index (χ0n) is 6.61. The molecule has 11 heavy (non-hydrogen) atoms. The third kappa shape index (κ3) is 2.48. The molecule has 62 valence electrons. The van der Waals surface area contributed by atoms with E-state index in [1.807, 2.05) is 18.4 Å². The summed E-state index contributed by atoms with van der Waals surface area (Å²) in [6.45, 7) is 2.00. The first-order valence-electron chi connectivity index (χ1n) is 3.46. The third-order valence-corrected chi connectivity index (χ3v) is 1.81. The molecule has 1 heterocycles. The Bertz CT molecular complexity index is 184. The smallest absolute Gasteiger partial charge is 0.227 e. The molecular weight excluding hydrogens is 162 g/mol. The zero-order chi connectivity index (χ0) is 8.10. The highest BCUT2D eigenvalue weighted by Gasteiger charge is 2.05. The lowest BCUT2D eigenvalue weighted by Crippen LogP contribution is -2.17. The summed E-state index contributed by atoms with van der Waals surface area (Å²) in [5, 5.41) is 1.87. The molecule has 0 aliphatic rings. The van der Waals surface area contributed by atoms with E-state index in [0.717, 1.165) is 6.42 Å². The lowest BCUT2D eigenvalue weighted by atomic mass is 10.5. The molecule has 0 saturated carbocycles. The first kappa shape index (κ1) is 8.49. The van der Waals surface area contributed by atoms with Crippen molar-refractivity contribution in [2.75, 3.05) is 7.11 Å². The Morgan fingerprint density at radius 1 is 1.73 bits per heavy atom. The molecule has 0 saturated heterocycles. The van der Waals surface area contributed by atoms with Gasteiger partial charge in [-0.3, -0.25) is 0 Å². The molecule has 1 rings (SSSR count). The summed E-state index contributed by atoms with van der Waals surface area (Å²) >= 11 is 1.37. The van der Waals surface area contributed by atoms with Crippen molar-refractivity contribution >= 4 is 11.5 Å². The van der Waals surface area contributed by atoms with Gasteiger partial charge in [0.25, 0.3) is 0 Å². The Labute approximate surface area is 70.1 Å². The third-order valence-electron chi connectivity index (χ3n) is 1.26. The van der Waals surface area contributed by atoms with E-state index in [1.54, 1.807) is 7.11 Å². The fourth-order valence-corrected chi connectivity index (χ4v) is 1.14. The van der Waals surface area contributed by atoms with Crippen LogP contribution in [0.5, 0.6) is 5.88 Å². The normalized spacial score (nSPS) is 12.9. The van der Waals surface area contributed by atoms with Gasteiger partial charge in [0, 0.05) is 25.0 Å². The maximum atomic E-state index is 5.33. The Hall–Kier alpha value is -0.610. The van der Waals surface area contributed by atoms with Crippen LogP contribution in [-0.4, -0.2) is 17.8 Å². The highest BCUT2D eigenvalue weighted by molar-refractivity contribution is 7.03. The number of methoxy groups -OCH3 is 1. The maximum absolute atomic E-state index is 5.33. The van der Waals surface area contributed by atoms with Crippen molar-refractivity contribution in [2.45, 2.75) is 19.6 Å². The zero-order valence-corrected chi connectivity index (χ0v) is 7.43. The summed E-state index contributed by atoms with van der Waals surface area (Å²) in [5.74, 6) is 0.642. The largest absolute Gasteiger partial charge is 0.447 e. The van der Waals surface area contributed by atoms with E-state index in [-0.39, 0.29) is 6.29 Å². The van der Waals surface area contributed by atoms with Gasteiger partial charge >= 0.3 is 0 Å². The molecule has 0 radical (unpaired) electrons. The van der Waals surface area contributed by atoms with Gasteiger partial charge in [0.05, 0.1) is 0 Å². The van der Waals surface area contributed by atoms with Crippen molar-refractivity contribution in [3.05, 3.63) is 11.4 Å². The van der Waals surface area contributed by atoms with Crippen LogP contribution in [0.2, 0.25) is 0 Å². The fourth-order valence-electron chi connectivity index (χ4n) is 0.695. The van der Waals surface area contributed by atoms with Crippen LogP contribution in [0, 0.1) is 0 Å². The minimum Gasteiger partial charge on any atom is -0.447 e. The Balaban J connectivity index is 2.41. The molecule has 1 aromatic rings. The molecule has 0 fully saturated rings. The van der Waals surface area contributed by atoms with Gasteiger partial charge in [-0.05, 0) is 11.5 Å². The van der Waals surface area contributed by atoms with E-state index in [9.17, 15) is 0 Å². The van der Waals surface area contributed by atoms with Gasteiger partial charge < -0.3 is 9.47 Å². The molecule has 0 spiro atoms. The summed E-state index contributed by atoms with van der Waals surface area (Å²) in [7, 11) is 1.63. The minimum atomic E-state index is -0.169. The van der Waals surface area contributed by atoms with Crippen molar-refractivity contribution in [1.29, 1.82) is 0 Å². The predicted octanol–water partition coefficient (Wildman–Crippen LogP) is 1.90. The topological polar surface area (TPSA) is 31.4 Å². The summed E-state index contributed by atoms with van der Waals surface area (Å²) in [6.07, 6.45) is 0.658. The van der Waals surface area contributed by atoms with Crippen LogP contribution in [0.15, 0.2) is 11.4 Å². The van der Waals surface area contributed by atoms with Crippen molar-refractivity contribution in [3.63, 3.8) is 0 Å². The highest BCUT2D eigenvalue weighted by Crippen LogP contribution is 2.12. The number of hydrogen-bond donors (Lipinski definition) is 0. The molecule has 0 bridgehead atoms. The fraction of sp³-hybridized carbons (Fsp3) is 0.571. The van der Waals surface area contributed by atoms with Gasteiger partial charge in [0.2, 0.25) is 12.2 Å². The van der Waals surface area contributed by atoms with Crippen LogP contribution in [0.25, 0.3) is 0 Å². The highest BCUT2D eigenvalue weighted by atomic mass is 32.1. The molecule has 0 unspecified atom stereocenters. The molecule has 0 N–H and O–H groups in total. The lowest BCUT2D eigenvalue weighted by molar-refractivity contribution is -0.0568. The van der Waals surface area contributed by atoms with Gasteiger partial charge in [-0.2, -0.15) is 4.37 Å². The molecule has 1 aromatic heterocycles. The monoisotopic (exact) mass is 173 g/mol. The van der Waals surface area contributed by atoms with E-state index in [1.165, 1.54) is 11.5 Å². The molecular formula is C7H11NO2S. The average molecular weight is 173 g/mol. The Kier molecular flexibility index (Phi) is 3.32. The van der Waals surface area contributed by atoms with E-state index in [2.05, 4.69) is 4.37 Å². The molecule has 0 aromatic carbocycles. The van der Waals surface area contributed by atoms with Crippen LogP contribution < -0.4 is 4.74 Å². The van der Waals surface area contributed by atoms with Gasteiger partial charge in [-0.1, -0.05) is 6.92 Å². The molecule has 4 heteroatoms. The number of ether oxygens (including phenoxy) is 2. The molecule has 0 amide bonds. The van der Waals surface area contributed by atoms with Crippen molar-refractivity contribution in [2.24, 2.45) is 0 Å². The second-order valence-corrected chi connectivity index (χ2v) is 2.69. The number of rotatable bonds is 4. The number of aromatic nitrogens is 1. The summed E-state index contributed by atoms with van der Waals surface area (Å²) in [4.78, 5) is 0. The van der Waals surface area contributed by atoms with Gasteiger partial charge in [0.1, 0.15) is 0 Å². The van der Waals surface area contributed by atoms with Crippen molar-refractivity contribution in [3.8, 4) is 5.88 Å². The van der Waals surface area contributed by atoms with Crippen LogP contribution in [0.3, 0.4) is 0 Å². The van der Waals surface area contributed by atoms with Crippen molar-refractivity contribution in [1.82, 2.24) is 4.37 Å². The SMILES string of the molecule is CC[C@@H](OC)Oc1ccsn1. The molecule has 1 atom stereocenters. The van der Waals surface area contributed by atoms with Crippen LogP contribution in [0.1, 0.15) is 13.3 Å². The first-order chi connectivity index (χ1) is 5.36. The van der Waals surface area contributed by atoms with Gasteiger partial charge in [-0.15, -0.1) is 0 Å². The van der Waals surface area contributed by atoms with Crippen LogP contribution in [0.4, 0.5) is 0 Å². The summed E-state index contributed by atoms with van der Waals surface area (Å²) < 4.78 is 14.3. The number of nitrogens with zero attached hydrogens (tertiary/aromatic N) is 1. The predicted molar refractivity (Wildman–Crippen MR) is 43.8 cm³/mol. The summed E-state index contributed by atoms with van der Waals surface area (Å²) in [5.41, 5.74) is 0.